The van der Waals surface area contributed by atoms with Gasteiger partial charge in [-0.15, -0.1) is 0 Å². The highest BCUT2D eigenvalue weighted by Gasteiger charge is 2.26. The van der Waals surface area contributed by atoms with E-state index < -0.39 is 39.7 Å². The first kappa shape index (κ1) is 28.2. The molecule has 0 saturated carbocycles. The Labute approximate surface area is 214 Å². The van der Waals surface area contributed by atoms with E-state index in [1.54, 1.807) is 0 Å². The topological polar surface area (TPSA) is 125 Å². The average Bonchev–Trinajstić information content (AvgIpc) is 3.32. The van der Waals surface area contributed by atoms with Crippen molar-refractivity contribution in [1.82, 2.24) is 15.6 Å². The largest absolute Gasteiger partial charge is 0.430 e. The lowest BCUT2D eigenvalue weighted by molar-refractivity contribution is 0.0825. The molecule has 2 atom stereocenters. The number of carbonyl (C=O) groups excluding carboxylic acids is 1. The number of rotatable bonds is 12. The van der Waals surface area contributed by atoms with E-state index in [1.807, 2.05) is 24.3 Å². The lowest BCUT2D eigenvalue weighted by Gasteiger charge is -2.24. The number of hydrogen-bond acceptors (Lipinski definition) is 7. The summed E-state index contributed by atoms with van der Waals surface area (Å²) in [6.07, 6.45) is 1.60. The molecule has 9 nitrogen and oxygen atoms in total. The van der Waals surface area contributed by atoms with Crippen LogP contribution in [0.3, 0.4) is 0 Å². The van der Waals surface area contributed by atoms with E-state index in [0.29, 0.717) is 6.54 Å². The molecule has 0 aliphatic heterocycles. The summed E-state index contributed by atoms with van der Waals surface area (Å²) in [5, 5.41) is 16.6. The van der Waals surface area contributed by atoms with Crippen LogP contribution in [0.15, 0.2) is 53.1 Å². The summed E-state index contributed by atoms with van der Waals surface area (Å²) in [4.78, 5) is 16.7. The van der Waals surface area contributed by atoms with Gasteiger partial charge in [-0.3, -0.25) is 4.79 Å². The van der Waals surface area contributed by atoms with Gasteiger partial charge in [0.15, 0.2) is 5.69 Å². The summed E-state index contributed by atoms with van der Waals surface area (Å²) in [6, 6.07) is 9.65. The molecule has 3 aromatic rings. The van der Waals surface area contributed by atoms with Crippen molar-refractivity contribution < 1.29 is 31.5 Å². The Morgan fingerprint density at radius 2 is 1.81 bits per heavy atom. The van der Waals surface area contributed by atoms with Crippen LogP contribution in [0, 0.1) is 11.6 Å². The number of aromatic nitrogens is 1. The van der Waals surface area contributed by atoms with Gasteiger partial charge in [0.25, 0.3) is 5.91 Å². The molecule has 1 aromatic heterocycles. The molecular formula is C25H30F2N4O5S. The average molecular weight is 537 g/mol. The fourth-order valence-electron chi connectivity index (χ4n) is 3.63. The molecule has 0 aliphatic rings. The standard InChI is InChI=1S/C25H30F2N4O5S/c1-4-16-6-5-7-17(8-16)13-28-14-23(32)21(11-18-9-19(26)12-20(27)10-18)29-24(33)22-15-36-25(30-22)31(2)37(3,34)35/h5-10,12,15,21,23,28,32H,4,11,13-14H2,1-3H3,(H,29,33)/t21-,23+/m0/s1. The van der Waals surface area contributed by atoms with E-state index >= 15 is 0 Å². The van der Waals surface area contributed by atoms with Crippen LogP contribution in [-0.2, 0) is 29.4 Å². The van der Waals surface area contributed by atoms with Gasteiger partial charge >= 0.3 is 6.01 Å². The van der Waals surface area contributed by atoms with Crippen LogP contribution in [-0.4, -0.2) is 56.4 Å². The fourth-order valence-corrected chi connectivity index (χ4v) is 4.00. The van der Waals surface area contributed by atoms with Crippen molar-refractivity contribution in [2.75, 3.05) is 24.2 Å². The van der Waals surface area contributed by atoms with Crippen molar-refractivity contribution >= 4 is 21.9 Å². The van der Waals surface area contributed by atoms with Gasteiger partial charge in [-0.05, 0) is 41.7 Å². The SMILES string of the molecule is CCc1cccc(CNC[C@@H](O)[C@H](Cc2cc(F)cc(F)c2)NC(=O)c2coc(N(C)S(C)(=O)=O)n2)c1. The molecule has 200 valence electrons. The Balaban J connectivity index is 1.73. The number of aryl methyl sites for hydroxylation is 1. The first-order chi connectivity index (χ1) is 17.5. The number of anilines is 1. The number of halogens is 2. The zero-order valence-corrected chi connectivity index (χ0v) is 21.6. The van der Waals surface area contributed by atoms with E-state index in [-0.39, 0.29) is 30.2 Å². The predicted octanol–water partition coefficient (Wildman–Crippen LogP) is 2.40. The highest BCUT2D eigenvalue weighted by molar-refractivity contribution is 7.92. The van der Waals surface area contributed by atoms with Crippen LogP contribution in [0.25, 0.3) is 0 Å². The molecule has 1 heterocycles. The summed E-state index contributed by atoms with van der Waals surface area (Å²) < 4.78 is 56.8. The highest BCUT2D eigenvalue weighted by Crippen LogP contribution is 2.16. The smallest absolute Gasteiger partial charge is 0.311 e. The zero-order valence-electron chi connectivity index (χ0n) is 20.7. The van der Waals surface area contributed by atoms with Crippen LogP contribution in [0.5, 0.6) is 0 Å². The molecule has 0 spiro atoms. The number of amides is 1. The van der Waals surface area contributed by atoms with Gasteiger partial charge < -0.3 is 20.2 Å². The van der Waals surface area contributed by atoms with Crippen molar-refractivity contribution in [3.63, 3.8) is 0 Å². The number of benzene rings is 2. The van der Waals surface area contributed by atoms with Crippen molar-refractivity contribution in [3.8, 4) is 0 Å². The summed E-state index contributed by atoms with van der Waals surface area (Å²) in [5.41, 5.74) is 2.20. The Kier molecular flexibility index (Phi) is 9.35. The maximum atomic E-state index is 13.8. The first-order valence-electron chi connectivity index (χ1n) is 11.6. The molecule has 1 amide bonds. The number of carbonyl (C=O) groups is 1. The molecule has 0 aliphatic carbocycles. The van der Waals surface area contributed by atoms with Gasteiger partial charge in [-0.1, -0.05) is 31.2 Å². The molecule has 0 bridgehead atoms. The lowest BCUT2D eigenvalue weighted by atomic mass is 10.00. The second-order valence-corrected chi connectivity index (χ2v) is 10.7. The predicted molar refractivity (Wildman–Crippen MR) is 135 cm³/mol. The fraction of sp³-hybridized carbons (Fsp3) is 0.360. The molecule has 37 heavy (non-hydrogen) atoms. The Morgan fingerprint density at radius 1 is 1.14 bits per heavy atom. The van der Waals surface area contributed by atoms with Crippen molar-refractivity contribution in [2.45, 2.75) is 38.5 Å². The summed E-state index contributed by atoms with van der Waals surface area (Å²) in [6.45, 7) is 2.58. The normalized spacial score (nSPS) is 13.2. The minimum absolute atomic E-state index is 0.0694. The van der Waals surface area contributed by atoms with Crippen LogP contribution >= 0.6 is 0 Å². The monoisotopic (exact) mass is 536 g/mol. The number of hydrogen-bond donors (Lipinski definition) is 3. The molecule has 0 radical (unpaired) electrons. The third-order valence-corrected chi connectivity index (χ3v) is 6.88. The van der Waals surface area contributed by atoms with E-state index in [1.165, 1.54) is 12.6 Å². The quantitative estimate of drug-likeness (QED) is 0.325. The van der Waals surface area contributed by atoms with Gasteiger partial charge in [0.2, 0.25) is 10.0 Å². The maximum Gasteiger partial charge on any atom is 0.311 e. The van der Waals surface area contributed by atoms with Gasteiger partial charge in [-0.2, -0.15) is 4.98 Å². The summed E-state index contributed by atoms with van der Waals surface area (Å²) >= 11 is 0. The molecule has 0 saturated heterocycles. The first-order valence-corrected chi connectivity index (χ1v) is 13.4. The Bertz CT molecular complexity index is 1310. The maximum absolute atomic E-state index is 13.8. The lowest BCUT2D eigenvalue weighted by Crippen LogP contribution is -2.48. The minimum Gasteiger partial charge on any atom is -0.430 e. The Morgan fingerprint density at radius 3 is 2.46 bits per heavy atom. The third kappa shape index (κ3) is 8.07. The van der Waals surface area contributed by atoms with Crippen molar-refractivity contribution in [1.29, 1.82) is 0 Å². The Hall–Kier alpha value is -3.35. The molecule has 0 unspecified atom stereocenters. The van der Waals surface area contributed by atoms with Crippen LogP contribution < -0.4 is 14.9 Å². The minimum atomic E-state index is -3.67. The number of aliphatic hydroxyl groups is 1. The van der Waals surface area contributed by atoms with Gasteiger partial charge in [0.05, 0.1) is 18.4 Å². The number of nitrogens with one attached hydrogen (secondary N) is 2. The van der Waals surface area contributed by atoms with Gasteiger partial charge in [0, 0.05) is 26.2 Å². The second-order valence-electron chi connectivity index (χ2n) is 8.68. The molecule has 0 fully saturated rings. The van der Waals surface area contributed by atoms with E-state index in [9.17, 15) is 27.1 Å². The second kappa shape index (κ2) is 12.3. The van der Waals surface area contributed by atoms with E-state index in [0.717, 1.165) is 47.0 Å². The van der Waals surface area contributed by atoms with Crippen molar-refractivity contribution in [3.05, 3.63) is 82.7 Å². The molecule has 12 heteroatoms. The van der Waals surface area contributed by atoms with Crippen molar-refractivity contribution in [2.24, 2.45) is 0 Å². The van der Waals surface area contributed by atoms with E-state index in [2.05, 4.69) is 22.5 Å². The number of nitrogens with zero attached hydrogens (tertiary/aromatic N) is 2. The highest BCUT2D eigenvalue weighted by atomic mass is 32.2. The summed E-state index contributed by atoms with van der Waals surface area (Å²) in [7, 11) is -2.45. The summed E-state index contributed by atoms with van der Waals surface area (Å²) in [5.74, 6) is -2.32. The van der Waals surface area contributed by atoms with Crippen LogP contribution in [0.2, 0.25) is 0 Å². The zero-order chi connectivity index (χ0) is 27.2. The number of aliphatic hydroxyl groups excluding tert-OH is 1. The third-order valence-electron chi connectivity index (χ3n) is 5.73. The number of sulfonamides is 1. The van der Waals surface area contributed by atoms with Crippen LogP contribution in [0.1, 0.15) is 34.1 Å². The molecular weight excluding hydrogens is 506 g/mol. The van der Waals surface area contributed by atoms with Crippen LogP contribution in [0.4, 0.5) is 14.8 Å². The molecule has 3 rings (SSSR count). The number of oxazole rings is 1. The van der Waals surface area contributed by atoms with Gasteiger partial charge in [0.1, 0.15) is 17.9 Å². The molecule has 3 N–H and O–H groups in total. The van der Waals surface area contributed by atoms with Gasteiger partial charge in [-0.25, -0.2) is 21.5 Å². The molecule has 2 aromatic carbocycles. The van der Waals surface area contributed by atoms with E-state index in [4.69, 9.17) is 4.42 Å².